The van der Waals surface area contributed by atoms with Crippen LogP contribution in [0, 0.1) is 0 Å². The maximum atomic E-state index is 4.38. The average Bonchev–Trinajstić information content (AvgIpc) is 2.70. The van der Waals surface area contributed by atoms with Crippen LogP contribution in [0.3, 0.4) is 0 Å². The van der Waals surface area contributed by atoms with Crippen molar-refractivity contribution in [1.82, 2.24) is 20.4 Å². The number of benzene rings is 1. The van der Waals surface area contributed by atoms with Crippen LogP contribution in [0.4, 0.5) is 0 Å². The van der Waals surface area contributed by atoms with E-state index in [0.717, 1.165) is 45.1 Å². The molecule has 5 nitrogen and oxygen atoms in total. The molecule has 2 rings (SSSR count). The standard InChI is InChI=1S/C23H41N5/c1-7-27-14-16-28(17-15-27)19(2)18-26-22(24-6)25-13-12-20-8-10-21(11-9-20)23(3,4)5/h8-11,19H,7,12-18H2,1-6H3,(H2,24,25,26). The number of aliphatic imine (C=N–C) groups is 1. The number of hydrogen-bond acceptors (Lipinski definition) is 3. The van der Waals surface area contributed by atoms with Crippen LogP contribution in [0.1, 0.15) is 45.7 Å². The third-order valence-electron chi connectivity index (χ3n) is 5.79. The molecular weight excluding hydrogens is 346 g/mol. The van der Waals surface area contributed by atoms with E-state index in [-0.39, 0.29) is 5.41 Å². The molecule has 0 saturated carbocycles. The highest BCUT2D eigenvalue weighted by Gasteiger charge is 2.20. The Kier molecular flexibility index (Phi) is 8.77. The normalized spacial score (nSPS) is 18.1. The minimum absolute atomic E-state index is 0.211. The third kappa shape index (κ3) is 7.10. The maximum absolute atomic E-state index is 4.38. The van der Waals surface area contributed by atoms with Gasteiger partial charge >= 0.3 is 0 Å². The van der Waals surface area contributed by atoms with Gasteiger partial charge < -0.3 is 15.5 Å². The zero-order chi connectivity index (χ0) is 20.6. The van der Waals surface area contributed by atoms with Crippen LogP contribution in [-0.4, -0.2) is 74.7 Å². The number of nitrogens with one attached hydrogen (secondary N) is 2. The highest BCUT2D eigenvalue weighted by molar-refractivity contribution is 5.79. The second-order valence-electron chi connectivity index (χ2n) is 8.90. The van der Waals surface area contributed by atoms with E-state index in [2.05, 4.69) is 84.3 Å². The minimum Gasteiger partial charge on any atom is -0.356 e. The van der Waals surface area contributed by atoms with Gasteiger partial charge in [-0.3, -0.25) is 9.89 Å². The largest absolute Gasteiger partial charge is 0.356 e. The quantitative estimate of drug-likeness (QED) is 0.558. The predicted octanol–water partition coefficient (Wildman–Crippen LogP) is 2.72. The van der Waals surface area contributed by atoms with E-state index in [1.54, 1.807) is 0 Å². The first-order valence-electron chi connectivity index (χ1n) is 10.8. The number of guanidine groups is 1. The van der Waals surface area contributed by atoms with Crippen molar-refractivity contribution in [1.29, 1.82) is 0 Å². The fourth-order valence-electron chi connectivity index (χ4n) is 3.61. The summed E-state index contributed by atoms with van der Waals surface area (Å²) in [4.78, 5) is 9.47. The van der Waals surface area contributed by atoms with Crippen LogP contribution >= 0.6 is 0 Å². The monoisotopic (exact) mass is 387 g/mol. The number of likely N-dealkylation sites (N-methyl/N-ethyl adjacent to an activating group) is 1. The van der Waals surface area contributed by atoms with Crippen molar-refractivity contribution in [3.63, 3.8) is 0 Å². The molecule has 0 aliphatic carbocycles. The van der Waals surface area contributed by atoms with E-state index < -0.39 is 0 Å². The molecule has 1 aliphatic heterocycles. The molecule has 1 atom stereocenters. The van der Waals surface area contributed by atoms with Gasteiger partial charge in [0.1, 0.15) is 0 Å². The van der Waals surface area contributed by atoms with Crippen LogP contribution in [0.15, 0.2) is 29.3 Å². The summed E-state index contributed by atoms with van der Waals surface area (Å²) in [5.74, 6) is 0.894. The molecule has 5 heteroatoms. The van der Waals surface area contributed by atoms with Crippen molar-refractivity contribution in [3.8, 4) is 0 Å². The van der Waals surface area contributed by atoms with Crippen LogP contribution in [0.5, 0.6) is 0 Å². The molecule has 1 aromatic carbocycles. The van der Waals surface area contributed by atoms with Gasteiger partial charge in [-0.25, -0.2) is 0 Å². The lowest BCUT2D eigenvalue weighted by Crippen LogP contribution is -2.53. The summed E-state index contributed by atoms with van der Waals surface area (Å²) in [5.41, 5.74) is 2.95. The van der Waals surface area contributed by atoms with E-state index in [4.69, 9.17) is 0 Å². The van der Waals surface area contributed by atoms with E-state index in [1.807, 2.05) is 7.05 Å². The molecule has 1 heterocycles. The van der Waals surface area contributed by atoms with Gasteiger partial charge in [0.25, 0.3) is 0 Å². The number of rotatable bonds is 7. The molecule has 1 fully saturated rings. The lowest BCUT2D eigenvalue weighted by molar-refractivity contribution is 0.107. The molecule has 1 unspecified atom stereocenters. The van der Waals surface area contributed by atoms with Gasteiger partial charge in [0.05, 0.1) is 0 Å². The summed E-state index contributed by atoms with van der Waals surface area (Å²) in [7, 11) is 1.85. The Hall–Kier alpha value is -1.59. The van der Waals surface area contributed by atoms with Gasteiger partial charge in [-0.2, -0.15) is 0 Å². The number of piperazine rings is 1. The Morgan fingerprint density at radius 3 is 2.25 bits per heavy atom. The number of nitrogens with zero attached hydrogens (tertiary/aromatic N) is 3. The third-order valence-corrected chi connectivity index (χ3v) is 5.79. The van der Waals surface area contributed by atoms with Gasteiger partial charge in [-0.05, 0) is 36.4 Å². The van der Waals surface area contributed by atoms with Gasteiger partial charge in [0.15, 0.2) is 5.96 Å². The van der Waals surface area contributed by atoms with Gasteiger partial charge in [0, 0.05) is 52.4 Å². The highest BCUT2D eigenvalue weighted by Crippen LogP contribution is 2.22. The van der Waals surface area contributed by atoms with E-state index in [0.29, 0.717) is 6.04 Å². The fourth-order valence-corrected chi connectivity index (χ4v) is 3.61. The predicted molar refractivity (Wildman–Crippen MR) is 121 cm³/mol. The molecule has 2 N–H and O–H groups in total. The Bertz CT molecular complexity index is 594. The Balaban J connectivity index is 1.70. The number of hydrogen-bond donors (Lipinski definition) is 2. The average molecular weight is 388 g/mol. The molecular formula is C23H41N5. The van der Waals surface area contributed by atoms with Crippen molar-refractivity contribution in [2.75, 3.05) is 52.9 Å². The van der Waals surface area contributed by atoms with E-state index in [9.17, 15) is 0 Å². The van der Waals surface area contributed by atoms with Crippen molar-refractivity contribution in [2.24, 2.45) is 4.99 Å². The van der Waals surface area contributed by atoms with Gasteiger partial charge in [-0.1, -0.05) is 52.0 Å². The fraction of sp³-hybridized carbons (Fsp3) is 0.696. The summed E-state index contributed by atoms with van der Waals surface area (Å²) in [6.45, 7) is 19.0. The van der Waals surface area contributed by atoms with Gasteiger partial charge in [0.2, 0.25) is 0 Å². The lowest BCUT2D eigenvalue weighted by Gasteiger charge is -2.37. The first-order valence-corrected chi connectivity index (χ1v) is 10.8. The summed E-state index contributed by atoms with van der Waals surface area (Å²) in [6, 6.07) is 9.51. The Morgan fingerprint density at radius 1 is 1.07 bits per heavy atom. The molecule has 1 aliphatic rings. The van der Waals surface area contributed by atoms with Crippen LogP contribution in [0.2, 0.25) is 0 Å². The lowest BCUT2D eigenvalue weighted by atomic mass is 9.86. The molecule has 0 radical (unpaired) electrons. The Morgan fingerprint density at radius 2 is 1.71 bits per heavy atom. The second-order valence-corrected chi connectivity index (χ2v) is 8.90. The summed E-state index contributed by atoms with van der Waals surface area (Å²) < 4.78 is 0. The smallest absolute Gasteiger partial charge is 0.191 e. The SMILES string of the molecule is CCN1CCN(C(C)CNC(=NC)NCCc2ccc(C(C)(C)C)cc2)CC1. The molecule has 158 valence electrons. The maximum Gasteiger partial charge on any atom is 0.191 e. The summed E-state index contributed by atoms with van der Waals surface area (Å²) in [6.07, 6.45) is 1.000. The highest BCUT2D eigenvalue weighted by atomic mass is 15.3. The van der Waals surface area contributed by atoms with Crippen molar-refractivity contribution < 1.29 is 0 Å². The molecule has 28 heavy (non-hydrogen) atoms. The minimum atomic E-state index is 0.211. The zero-order valence-electron chi connectivity index (χ0n) is 18.9. The van der Waals surface area contributed by atoms with Gasteiger partial charge in [-0.15, -0.1) is 0 Å². The first-order chi connectivity index (χ1) is 13.3. The van der Waals surface area contributed by atoms with Crippen LogP contribution in [-0.2, 0) is 11.8 Å². The van der Waals surface area contributed by atoms with E-state index in [1.165, 1.54) is 24.2 Å². The molecule has 1 saturated heterocycles. The Labute approximate surface area is 172 Å². The van der Waals surface area contributed by atoms with Crippen LogP contribution in [0.25, 0.3) is 0 Å². The van der Waals surface area contributed by atoms with Crippen LogP contribution < -0.4 is 10.6 Å². The molecule has 0 spiro atoms. The second kappa shape index (κ2) is 10.8. The van der Waals surface area contributed by atoms with Crippen molar-refractivity contribution >= 4 is 5.96 Å². The summed E-state index contributed by atoms with van der Waals surface area (Å²) in [5, 5.41) is 6.94. The molecule has 0 amide bonds. The zero-order valence-corrected chi connectivity index (χ0v) is 18.9. The molecule has 0 bridgehead atoms. The topological polar surface area (TPSA) is 42.9 Å². The molecule has 0 aromatic heterocycles. The first kappa shape index (κ1) is 22.7. The van der Waals surface area contributed by atoms with E-state index >= 15 is 0 Å². The molecule has 1 aromatic rings. The van der Waals surface area contributed by atoms with Crippen molar-refractivity contribution in [3.05, 3.63) is 35.4 Å². The summed E-state index contributed by atoms with van der Waals surface area (Å²) >= 11 is 0. The van der Waals surface area contributed by atoms with Crippen molar-refractivity contribution in [2.45, 2.75) is 52.5 Å².